The molecule has 0 unspecified atom stereocenters. The first kappa shape index (κ1) is 17.1. The van der Waals surface area contributed by atoms with Crippen molar-refractivity contribution in [2.45, 2.75) is 12.8 Å². The third kappa shape index (κ3) is 8.06. The minimum atomic E-state index is -0.461. The molecule has 21 heavy (non-hydrogen) atoms. The Morgan fingerprint density at radius 1 is 1.19 bits per heavy atom. The van der Waals surface area contributed by atoms with Crippen molar-refractivity contribution in [1.82, 2.24) is 10.8 Å². The quantitative estimate of drug-likeness (QED) is 0.232. The standard InChI is InChI=1S/C15H17BrN2O3/c16-13-9-7-12(8-10-13)4-1-2-5-14(19)17-11-3-6-15(20)18-21/h1-2,4-5,7-10,21H,3,6,11H2,(H,17,19)(H,18,20)/b4-1+,5-2-. The van der Waals surface area contributed by atoms with Crippen molar-refractivity contribution in [3.8, 4) is 0 Å². The van der Waals surface area contributed by atoms with Crippen LogP contribution in [-0.2, 0) is 9.59 Å². The van der Waals surface area contributed by atoms with Gasteiger partial charge in [-0.2, -0.15) is 0 Å². The number of hydrogen-bond acceptors (Lipinski definition) is 3. The Morgan fingerprint density at radius 3 is 2.57 bits per heavy atom. The van der Waals surface area contributed by atoms with Gasteiger partial charge in [0.25, 0.3) is 0 Å². The molecule has 5 nitrogen and oxygen atoms in total. The van der Waals surface area contributed by atoms with Crippen LogP contribution in [0.5, 0.6) is 0 Å². The average Bonchev–Trinajstić information content (AvgIpc) is 2.49. The summed E-state index contributed by atoms with van der Waals surface area (Å²) in [7, 11) is 0. The molecule has 1 aromatic carbocycles. The molecule has 0 fully saturated rings. The molecule has 0 saturated carbocycles. The zero-order valence-corrected chi connectivity index (χ0v) is 13.0. The van der Waals surface area contributed by atoms with Gasteiger partial charge in [0.1, 0.15) is 0 Å². The lowest BCUT2D eigenvalue weighted by molar-refractivity contribution is -0.129. The molecule has 1 aromatic rings. The van der Waals surface area contributed by atoms with Crippen molar-refractivity contribution in [2.24, 2.45) is 0 Å². The van der Waals surface area contributed by atoms with E-state index in [1.54, 1.807) is 12.2 Å². The Hall–Kier alpha value is -1.92. The Labute approximate surface area is 131 Å². The molecule has 1 rings (SSSR count). The molecular weight excluding hydrogens is 336 g/mol. The SMILES string of the molecule is O=C(/C=C\C=C\c1ccc(Br)cc1)NCCCC(=O)NO. The van der Waals surface area contributed by atoms with Crippen LogP contribution in [0.4, 0.5) is 0 Å². The van der Waals surface area contributed by atoms with Gasteiger partial charge < -0.3 is 5.32 Å². The number of hydrogen-bond donors (Lipinski definition) is 3. The van der Waals surface area contributed by atoms with E-state index in [4.69, 9.17) is 5.21 Å². The first-order valence-corrected chi connectivity index (χ1v) is 7.22. The Kier molecular flexibility index (Phi) is 8.08. The molecule has 0 aromatic heterocycles. The lowest BCUT2D eigenvalue weighted by atomic mass is 10.2. The topological polar surface area (TPSA) is 78.4 Å². The van der Waals surface area contributed by atoms with Crippen LogP contribution in [0.15, 0.2) is 47.0 Å². The smallest absolute Gasteiger partial charge is 0.243 e. The first-order valence-electron chi connectivity index (χ1n) is 6.43. The number of amides is 2. The predicted octanol–water partition coefficient (Wildman–Crippen LogP) is 2.42. The second-order valence-corrected chi connectivity index (χ2v) is 5.12. The summed E-state index contributed by atoms with van der Waals surface area (Å²) >= 11 is 3.36. The van der Waals surface area contributed by atoms with Gasteiger partial charge in [-0.05, 0) is 24.1 Å². The van der Waals surface area contributed by atoms with Gasteiger partial charge in [0.05, 0.1) is 0 Å². The van der Waals surface area contributed by atoms with E-state index in [1.807, 2.05) is 30.3 Å². The largest absolute Gasteiger partial charge is 0.353 e. The van der Waals surface area contributed by atoms with Crippen LogP contribution in [0.2, 0.25) is 0 Å². The van der Waals surface area contributed by atoms with Crippen LogP contribution in [0.1, 0.15) is 18.4 Å². The van der Waals surface area contributed by atoms with Crippen molar-refractivity contribution >= 4 is 33.8 Å². The highest BCUT2D eigenvalue weighted by atomic mass is 79.9. The molecule has 112 valence electrons. The molecule has 0 aliphatic rings. The maximum Gasteiger partial charge on any atom is 0.243 e. The van der Waals surface area contributed by atoms with Gasteiger partial charge in [0.15, 0.2) is 0 Å². The molecule has 3 N–H and O–H groups in total. The summed E-state index contributed by atoms with van der Waals surface area (Å²) in [6, 6.07) is 7.80. The first-order chi connectivity index (χ1) is 10.1. The molecule has 0 aliphatic carbocycles. The van der Waals surface area contributed by atoms with E-state index in [-0.39, 0.29) is 12.3 Å². The van der Waals surface area contributed by atoms with Gasteiger partial charge in [-0.1, -0.05) is 46.3 Å². The normalized spacial score (nSPS) is 11.0. The monoisotopic (exact) mass is 352 g/mol. The minimum absolute atomic E-state index is 0.171. The minimum Gasteiger partial charge on any atom is -0.353 e. The highest BCUT2D eigenvalue weighted by Gasteiger charge is 1.99. The number of benzene rings is 1. The number of carbonyl (C=O) groups excluding carboxylic acids is 2. The second kappa shape index (κ2) is 9.90. The van der Waals surface area contributed by atoms with E-state index < -0.39 is 5.91 Å². The van der Waals surface area contributed by atoms with Crippen LogP contribution >= 0.6 is 15.9 Å². The number of carbonyl (C=O) groups is 2. The van der Waals surface area contributed by atoms with E-state index >= 15 is 0 Å². The molecule has 0 saturated heterocycles. The summed E-state index contributed by atoms with van der Waals surface area (Å²) in [4.78, 5) is 22.1. The molecule has 0 heterocycles. The fraction of sp³-hybridized carbons (Fsp3) is 0.200. The fourth-order valence-corrected chi connectivity index (χ4v) is 1.72. The molecule has 0 aliphatic heterocycles. The number of hydroxylamine groups is 1. The van der Waals surface area contributed by atoms with E-state index in [0.717, 1.165) is 10.0 Å². The zero-order chi connectivity index (χ0) is 15.5. The third-order valence-electron chi connectivity index (χ3n) is 2.52. The third-order valence-corrected chi connectivity index (χ3v) is 3.05. The van der Waals surface area contributed by atoms with Gasteiger partial charge in [0.2, 0.25) is 11.8 Å². The maximum atomic E-state index is 11.4. The van der Waals surface area contributed by atoms with Crippen molar-refractivity contribution in [3.05, 3.63) is 52.5 Å². The fourth-order valence-electron chi connectivity index (χ4n) is 1.46. The number of rotatable bonds is 7. The van der Waals surface area contributed by atoms with Crippen LogP contribution in [0.3, 0.4) is 0 Å². The second-order valence-electron chi connectivity index (χ2n) is 4.20. The van der Waals surface area contributed by atoms with E-state index in [0.29, 0.717) is 13.0 Å². The summed E-state index contributed by atoms with van der Waals surface area (Å²) < 4.78 is 1.02. The highest BCUT2D eigenvalue weighted by Crippen LogP contribution is 2.11. The maximum absolute atomic E-state index is 11.4. The van der Waals surface area contributed by atoms with Crippen molar-refractivity contribution in [1.29, 1.82) is 0 Å². The molecule has 0 bridgehead atoms. The summed E-state index contributed by atoms with van der Waals surface area (Å²) in [5.41, 5.74) is 2.58. The Bertz CT molecular complexity index is 524. The summed E-state index contributed by atoms with van der Waals surface area (Å²) in [6.07, 6.45) is 7.38. The van der Waals surface area contributed by atoms with E-state index in [9.17, 15) is 9.59 Å². The number of allylic oxidation sites excluding steroid dienone is 2. The molecule has 6 heteroatoms. The summed E-state index contributed by atoms with van der Waals surface area (Å²) in [5, 5.41) is 10.9. The van der Waals surface area contributed by atoms with E-state index in [2.05, 4.69) is 21.2 Å². The zero-order valence-electron chi connectivity index (χ0n) is 11.4. The van der Waals surface area contributed by atoms with Gasteiger partial charge in [-0.15, -0.1) is 0 Å². The van der Waals surface area contributed by atoms with E-state index in [1.165, 1.54) is 11.6 Å². The predicted molar refractivity (Wildman–Crippen MR) is 84.5 cm³/mol. The molecule has 2 amide bonds. The lowest BCUT2D eigenvalue weighted by Gasteiger charge is -2.00. The van der Waals surface area contributed by atoms with Crippen molar-refractivity contribution < 1.29 is 14.8 Å². The number of halogens is 1. The Balaban J connectivity index is 2.24. The van der Waals surface area contributed by atoms with Crippen LogP contribution in [0, 0.1) is 0 Å². The Morgan fingerprint density at radius 2 is 1.90 bits per heavy atom. The van der Waals surface area contributed by atoms with Gasteiger partial charge in [-0.3, -0.25) is 14.8 Å². The van der Waals surface area contributed by atoms with Crippen LogP contribution < -0.4 is 10.8 Å². The lowest BCUT2D eigenvalue weighted by Crippen LogP contribution is -2.24. The molecule has 0 atom stereocenters. The van der Waals surface area contributed by atoms with Crippen molar-refractivity contribution in [2.75, 3.05) is 6.54 Å². The van der Waals surface area contributed by atoms with Gasteiger partial charge >= 0.3 is 0 Å². The summed E-state index contributed by atoms with van der Waals surface area (Å²) in [6.45, 7) is 0.382. The summed E-state index contributed by atoms with van der Waals surface area (Å²) in [5.74, 6) is -0.683. The highest BCUT2D eigenvalue weighted by molar-refractivity contribution is 9.10. The van der Waals surface area contributed by atoms with Gasteiger partial charge in [-0.25, -0.2) is 5.48 Å². The van der Waals surface area contributed by atoms with Crippen LogP contribution in [-0.4, -0.2) is 23.6 Å². The average molecular weight is 353 g/mol. The van der Waals surface area contributed by atoms with Gasteiger partial charge in [0, 0.05) is 23.5 Å². The molecule has 0 spiro atoms. The molecular formula is C15H17BrN2O3. The number of nitrogens with one attached hydrogen (secondary N) is 2. The van der Waals surface area contributed by atoms with Crippen LogP contribution in [0.25, 0.3) is 6.08 Å². The molecule has 0 radical (unpaired) electrons. The van der Waals surface area contributed by atoms with Crippen molar-refractivity contribution in [3.63, 3.8) is 0 Å².